The van der Waals surface area contributed by atoms with Gasteiger partial charge >= 0.3 is 12.3 Å². The van der Waals surface area contributed by atoms with E-state index >= 15 is 0 Å². The first-order chi connectivity index (χ1) is 17.5. The van der Waals surface area contributed by atoms with Crippen molar-refractivity contribution in [2.75, 3.05) is 0 Å². The van der Waals surface area contributed by atoms with Crippen LogP contribution in [-0.2, 0) is 31.6 Å². The van der Waals surface area contributed by atoms with Crippen LogP contribution in [0.2, 0.25) is 5.02 Å². The van der Waals surface area contributed by atoms with Crippen LogP contribution < -0.4 is 9.46 Å². The zero-order chi connectivity index (χ0) is 26.7. The predicted molar refractivity (Wildman–Crippen MR) is 132 cm³/mol. The van der Waals surface area contributed by atoms with E-state index in [4.69, 9.17) is 21.1 Å². The molecular weight excluding hydrogens is 529 g/mol. The molecule has 1 saturated carbocycles. The lowest BCUT2D eigenvalue weighted by atomic mass is 9.88. The number of carbonyl (C=O) groups excluding carboxylic acids is 1. The van der Waals surface area contributed by atoms with Crippen molar-refractivity contribution in [3.05, 3.63) is 95.0 Å². The van der Waals surface area contributed by atoms with Crippen molar-refractivity contribution in [3.8, 4) is 5.75 Å². The topological polar surface area (TPSA) is 88.5 Å². The van der Waals surface area contributed by atoms with E-state index in [2.05, 4.69) is 9.46 Å². The maximum absolute atomic E-state index is 13.5. The number of alkyl halides is 3. The fourth-order valence-electron chi connectivity index (χ4n) is 4.44. The maximum Gasteiger partial charge on any atom is 0.573 e. The van der Waals surface area contributed by atoms with E-state index in [1.807, 2.05) is 30.3 Å². The first-order valence-corrected chi connectivity index (χ1v) is 13.3. The third kappa shape index (κ3) is 6.82. The van der Waals surface area contributed by atoms with Crippen LogP contribution in [0.15, 0.2) is 83.8 Å². The van der Waals surface area contributed by atoms with E-state index in [1.54, 1.807) is 24.3 Å². The molecule has 0 heterocycles. The summed E-state index contributed by atoms with van der Waals surface area (Å²) in [5.74, 6) is -1.39. The van der Waals surface area contributed by atoms with Crippen molar-refractivity contribution < 1.29 is 31.6 Å². The van der Waals surface area contributed by atoms with Gasteiger partial charge in [0.2, 0.25) is 0 Å². The highest BCUT2D eigenvalue weighted by atomic mass is 35.5. The van der Waals surface area contributed by atoms with Crippen LogP contribution in [0.5, 0.6) is 5.75 Å². The minimum atomic E-state index is -4.87. The number of carbonyl (C=O) groups is 1. The lowest BCUT2D eigenvalue weighted by molar-refractivity contribution is -0.274. The van der Waals surface area contributed by atoms with Crippen LogP contribution in [0.3, 0.4) is 0 Å². The number of halogens is 4. The van der Waals surface area contributed by atoms with Gasteiger partial charge in [0.05, 0.1) is 16.4 Å². The van der Waals surface area contributed by atoms with Crippen LogP contribution in [-0.4, -0.2) is 16.5 Å². The fourth-order valence-corrected chi connectivity index (χ4v) is 6.06. The first-order valence-electron chi connectivity index (χ1n) is 11.4. The van der Waals surface area contributed by atoms with E-state index in [-0.39, 0.29) is 17.9 Å². The van der Waals surface area contributed by atoms with Gasteiger partial charge in [-0.05, 0) is 66.8 Å². The van der Waals surface area contributed by atoms with Gasteiger partial charge in [0.1, 0.15) is 22.3 Å². The average Bonchev–Trinajstić information content (AvgIpc) is 3.27. The van der Waals surface area contributed by atoms with Crippen molar-refractivity contribution in [1.29, 1.82) is 4.78 Å². The molecule has 3 aromatic carbocycles. The Morgan fingerprint density at radius 2 is 1.70 bits per heavy atom. The van der Waals surface area contributed by atoms with Gasteiger partial charge < -0.3 is 9.47 Å². The summed E-state index contributed by atoms with van der Waals surface area (Å²) in [6.45, 7) is 0.124. The number of esters is 1. The normalized spacial score (nSPS) is 21.2. The lowest BCUT2D eigenvalue weighted by Gasteiger charge is -2.32. The fraction of sp³-hybridized carbons (Fsp3) is 0.269. The monoisotopic (exact) mass is 552 g/mol. The molecule has 0 bridgehead atoms. The van der Waals surface area contributed by atoms with Gasteiger partial charge in [-0.15, -0.1) is 13.2 Å². The quantitative estimate of drug-likeness (QED) is 0.309. The highest BCUT2D eigenvalue weighted by Gasteiger charge is 2.45. The number of nitrogens with one attached hydrogen (secondary N) is 2. The molecular formula is C26H24ClF3N2O4S. The molecule has 3 atom stereocenters. The number of benzene rings is 3. The second-order valence-electron chi connectivity index (χ2n) is 8.80. The average molecular weight is 553 g/mol. The van der Waals surface area contributed by atoms with Gasteiger partial charge in [-0.25, -0.2) is 13.7 Å². The summed E-state index contributed by atoms with van der Waals surface area (Å²) >= 11 is 6.05. The van der Waals surface area contributed by atoms with Crippen LogP contribution in [0, 0.1) is 10.7 Å². The summed E-state index contributed by atoms with van der Waals surface area (Å²) in [6, 6.07) is 20.4. The Hall–Kier alpha value is -3.08. The summed E-state index contributed by atoms with van der Waals surface area (Å²) in [6.07, 6.45) is -3.84. The smallest absolute Gasteiger partial charge is 0.461 e. The SMILES string of the molecule is N=S(=O)(NC1(c2ccc(Cl)cc2)CCC(C(=O)OCc2ccccc2)C1)c1ccc(OC(F)(F)F)cc1. The third-order valence-electron chi connectivity index (χ3n) is 6.20. The Bertz CT molecular complexity index is 1330. The Morgan fingerprint density at radius 1 is 1.05 bits per heavy atom. The van der Waals surface area contributed by atoms with Crippen LogP contribution in [0.25, 0.3) is 0 Å². The molecule has 37 heavy (non-hydrogen) atoms. The molecule has 11 heteroatoms. The second-order valence-corrected chi connectivity index (χ2v) is 11.0. The van der Waals surface area contributed by atoms with E-state index in [9.17, 15) is 22.2 Å². The molecule has 196 valence electrons. The molecule has 0 radical (unpaired) electrons. The molecule has 3 unspecified atom stereocenters. The number of ether oxygens (including phenoxy) is 2. The Kier molecular flexibility index (Phi) is 7.82. The Morgan fingerprint density at radius 3 is 2.32 bits per heavy atom. The minimum Gasteiger partial charge on any atom is -0.461 e. The molecule has 0 saturated heterocycles. The third-order valence-corrected chi connectivity index (χ3v) is 8.06. The molecule has 0 aliphatic heterocycles. The molecule has 6 nitrogen and oxygen atoms in total. The zero-order valence-corrected chi connectivity index (χ0v) is 21.0. The Balaban J connectivity index is 1.55. The molecule has 2 N–H and O–H groups in total. The minimum absolute atomic E-state index is 0.0227. The van der Waals surface area contributed by atoms with Gasteiger partial charge in [0.15, 0.2) is 0 Å². The lowest BCUT2D eigenvalue weighted by Crippen LogP contribution is -2.43. The van der Waals surface area contributed by atoms with Crippen molar-refractivity contribution in [1.82, 2.24) is 4.72 Å². The molecule has 1 aliphatic rings. The summed E-state index contributed by atoms with van der Waals surface area (Å²) in [5, 5.41) is 0.488. The summed E-state index contributed by atoms with van der Waals surface area (Å²) in [4.78, 5) is 12.9. The van der Waals surface area contributed by atoms with Gasteiger partial charge in [-0.2, -0.15) is 0 Å². The van der Waals surface area contributed by atoms with E-state index in [0.717, 1.165) is 29.8 Å². The van der Waals surface area contributed by atoms with Crippen LogP contribution in [0.1, 0.15) is 30.4 Å². The van der Waals surface area contributed by atoms with Gasteiger partial charge in [0.25, 0.3) is 0 Å². The maximum atomic E-state index is 13.5. The van der Waals surface area contributed by atoms with E-state index in [0.29, 0.717) is 23.4 Å². The first kappa shape index (κ1) is 27.0. The molecule has 1 fully saturated rings. The number of hydrogen-bond donors (Lipinski definition) is 2. The molecule has 4 rings (SSSR count). The van der Waals surface area contributed by atoms with E-state index < -0.39 is 39.5 Å². The largest absolute Gasteiger partial charge is 0.573 e. The molecule has 3 aromatic rings. The van der Waals surface area contributed by atoms with Crippen LogP contribution >= 0.6 is 11.6 Å². The van der Waals surface area contributed by atoms with Gasteiger partial charge in [-0.3, -0.25) is 4.79 Å². The van der Waals surface area contributed by atoms with Crippen molar-refractivity contribution in [2.45, 2.75) is 42.7 Å². The summed E-state index contributed by atoms with van der Waals surface area (Å²) < 4.78 is 71.9. The zero-order valence-electron chi connectivity index (χ0n) is 19.5. The number of rotatable bonds is 8. The molecule has 0 aromatic heterocycles. The van der Waals surface area contributed by atoms with E-state index in [1.165, 1.54) is 0 Å². The standard InChI is InChI=1S/C26H24ClF3N2O4S/c27-21-8-6-20(7-9-21)25(15-14-19(16-25)24(33)35-17-18-4-2-1-3-5-18)32-37(31,34)23-12-10-22(11-13-23)36-26(28,29)30/h1-13,19H,14-17H2,(H2,31,32,34). The molecule has 0 spiro atoms. The van der Waals surface area contributed by atoms with Gasteiger partial charge in [-0.1, -0.05) is 54.1 Å². The summed E-state index contributed by atoms with van der Waals surface area (Å²) in [7, 11) is -3.70. The molecule has 1 aliphatic carbocycles. The van der Waals surface area contributed by atoms with Crippen LogP contribution in [0.4, 0.5) is 13.2 Å². The Labute approximate surface area is 217 Å². The number of hydrogen-bond acceptors (Lipinski definition) is 5. The van der Waals surface area contributed by atoms with Crippen molar-refractivity contribution in [2.24, 2.45) is 5.92 Å². The van der Waals surface area contributed by atoms with Crippen molar-refractivity contribution in [3.63, 3.8) is 0 Å². The highest BCUT2D eigenvalue weighted by Crippen LogP contribution is 2.44. The summed E-state index contributed by atoms with van der Waals surface area (Å²) in [5.41, 5.74) is 0.511. The molecule has 0 amide bonds. The van der Waals surface area contributed by atoms with Crippen molar-refractivity contribution >= 4 is 27.5 Å². The van der Waals surface area contributed by atoms with Gasteiger partial charge in [0, 0.05) is 5.02 Å². The second kappa shape index (κ2) is 10.7. The predicted octanol–water partition coefficient (Wildman–Crippen LogP) is 6.59. The highest BCUT2D eigenvalue weighted by molar-refractivity contribution is 7.90.